The minimum Gasteiger partial charge on any atom is -0.508 e. The molecule has 0 aliphatic heterocycles. The van der Waals surface area contributed by atoms with Gasteiger partial charge >= 0.3 is 0 Å². The summed E-state index contributed by atoms with van der Waals surface area (Å²) in [5, 5.41) is 30.8. The third-order valence-electron chi connectivity index (χ3n) is 4.78. The number of rotatable bonds is 9. The third-order valence-corrected chi connectivity index (χ3v) is 7.07. The molecule has 0 radical (unpaired) electrons. The molecule has 3 atom stereocenters. The number of aromatic hydroxyl groups is 1. The molecule has 0 aliphatic rings. The van der Waals surface area contributed by atoms with Gasteiger partial charge in [-0.15, -0.1) is 0 Å². The molecule has 1 unspecified atom stereocenters. The zero-order valence-corrected chi connectivity index (χ0v) is 18.8. The van der Waals surface area contributed by atoms with Crippen molar-refractivity contribution in [1.82, 2.24) is 4.31 Å². The molecule has 0 aromatic heterocycles. The lowest BCUT2D eigenvalue weighted by Crippen LogP contribution is -2.49. The molecule has 30 heavy (non-hydrogen) atoms. The topological polar surface area (TPSA) is 124 Å². The summed E-state index contributed by atoms with van der Waals surface area (Å²) in [5.74, 6) is -0.151. The van der Waals surface area contributed by atoms with Gasteiger partial charge in [-0.2, -0.15) is 4.31 Å². The van der Waals surface area contributed by atoms with Crippen LogP contribution in [0.1, 0.15) is 31.1 Å². The van der Waals surface area contributed by atoms with Crippen LogP contribution in [0.4, 0.5) is 0 Å². The molecule has 7 nitrogen and oxygen atoms in total. The Labute approximate surface area is 182 Å². The standard InChI is InChI=1S/C21H29ClN2O5S/c1-13(2)11-24(30(28,29)19-9-14(3)17(25)10-16(19)22)12-18(26)20(23)21(27)15-7-5-4-6-8-15/h4-10,13,18,20-21,25-27H,11-12,23H2,1-3H3/t18-,20+,21?/m1/s1. The number of aliphatic hydroxyl groups is 2. The van der Waals surface area contributed by atoms with Crippen LogP contribution >= 0.6 is 11.6 Å². The number of benzene rings is 2. The van der Waals surface area contributed by atoms with E-state index >= 15 is 0 Å². The van der Waals surface area contributed by atoms with Crippen molar-refractivity contribution in [3.63, 3.8) is 0 Å². The van der Waals surface area contributed by atoms with Gasteiger partial charge in [0.05, 0.1) is 23.3 Å². The predicted molar refractivity (Wildman–Crippen MR) is 117 cm³/mol. The molecule has 5 N–H and O–H groups in total. The van der Waals surface area contributed by atoms with Gasteiger partial charge < -0.3 is 21.1 Å². The molecule has 0 saturated carbocycles. The number of hydrogen-bond acceptors (Lipinski definition) is 6. The number of phenolic OH excluding ortho intramolecular Hbond substituents is 1. The number of hydrogen-bond donors (Lipinski definition) is 4. The quantitative estimate of drug-likeness (QED) is 0.459. The fourth-order valence-corrected chi connectivity index (χ4v) is 5.28. The highest BCUT2D eigenvalue weighted by molar-refractivity contribution is 7.89. The first kappa shape index (κ1) is 24.6. The van der Waals surface area contributed by atoms with Crippen molar-refractivity contribution >= 4 is 21.6 Å². The molecule has 2 rings (SSSR count). The van der Waals surface area contributed by atoms with Gasteiger partial charge in [-0.05, 0) is 30.0 Å². The Bertz CT molecular complexity index is 953. The Hall–Kier alpha value is -1.68. The SMILES string of the molecule is Cc1cc(S(=O)(=O)N(CC(C)C)C[C@@H](O)[C@H](N)C(O)c2ccccc2)c(Cl)cc1O. The Kier molecular flexibility index (Phi) is 8.27. The molecule has 0 fully saturated rings. The largest absolute Gasteiger partial charge is 0.508 e. The molecule has 0 bridgehead atoms. The molecule has 9 heteroatoms. The highest BCUT2D eigenvalue weighted by atomic mass is 35.5. The molecule has 166 valence electrons. The lowest BCUT2D eigenvalue weighted by molar-refractivity contribution is 0.0438. The number of aliphatic hydroxyl groups excluding tert-OH is 2. The van der Waals surface area contributed by atoms with E-state index < -0.39 is 28.3 Å². The summed E-state index contributed by atoms with van der Waals surface area (Å²) in [7, 11) is -4.09. The smallest absolute Gasteiger partial charge is 0.244 e. The van der Waals surface area contributed by atoms with Crippen LogP contribution in [-0.2, 0) is 10.0 Å². The van der Waals surface area contributed by atoms with Crippen LogP contribution in [0.15, 0.2) is 47.4 Å². The lowest BCUT2D eigenvalue weighted by atomic mass is 9.98. The van der Waals surface area contributed by atoms with Crippen molar-refractivity contribution in [2.75, 3.05) is 13.1 Å². The second-order valence-electron chi connectivity index (χ2n) is 7.79. The normalized spacial score (nSPS) is 15.4. The summed E-state index contributed by atoms with van der Waals surface area (Å²) in [6, 6.07) is 10.00. The van der Waals surface area contributed by atoms with Crippen molar-refractivity contribution in [3.05, 3.63) is 58.6 Å². The van der Waals surface area contributed by atoms with E-state index in [2.05, 4.69) is 0 Å². The van der Waals surface area contributed by atoms with Gasteiger partial charge in [-0.3, -0.25) is 0 Å². The maximum Gasteiger partial charge on any atom is 0.244 e. The number of phenols is 1. The van der Waals surface area contributed by atoms with E-state index in [9.17, 15) is 23.7 Å². The maximum absolute atomic E-state index is 13.3. The molecule has 2 aromatic carbocycles. The highest BCUT2D eigenvalue weighted by Crippen LogP contribution is 2.31. The Morgan fingerprint density at radius 3 is 2.27 bits per heavy atom. The van der Waals surface area contributed by atoms with E-state index in [0.717, 1.165) is 4.31 Å². The molecule has 2 aromatic rings. The van der Waals surface area contributed by atoms with Gasteiger partial charge in [0.1, 0.15) is 10.6 Å². The minimum absolute atomic E-state index is 0.0424. The first-order valence-electron chi connectivity index (χ1n) is 9.61. The summed E-state index contributed by atoms with van der Waals surface area (Å²) < 4.78 is 27.7. The molecular weight excluding hydrogens is 428 g/mol. The second-order valence-corrected chi connectivity index (χ2v) is 10.1. The first-order valence-corrected chi connectivity index (χ1v) is 11.4. The van der Waals surface area contributed by atoms with Crippen molar-refractivity contribution in [3.8, 4) is 5.75 Å². The monoisotopic (exact) mass is 456 g/mol. The Morgan fingerprint density at radius 2 is 1.70 bits per heavy atom. The van der Waals surface area contributed by atoms with Crippen LogP contribution in [-0.4, -0.2) is 53.3 Å². The van der Waals surface area contributed by atoms with Gasteiger partial charge in [0.15, 0.2) is 0 Å². The summed E-state index contributed by atoms with van der Waals surface area (Å²) >= 11 is 6.10. The van der Waals surface area contributed by atoms with Crippen LogP contribution in [0.25, 0.3) is 0 Å². The fraction of sp³-hybridized carbons (Fsp3) is 0.429. The number of nitrogens with zero attached hydrogens (tertiary/aromatic N) is 1. The van der Waals surface area contributed by atoms with Crippen LogP contribution in [0, 0.1) is 12.8 Å². The zero-order chi connectivity index (χ0) is 22.6. The van der Waals surface area contributed by atoms with E-state index in [-0.39, 0.29) is 34.7 Å². The van der Waals surface area contributed by atoms with Gasteiger partial charge in [0.25, 0.3) is 0 Å². The van der Waals surface area contributed by atoms with E-state index in [1.165, 1.54) is 12.1 Å². The third kappa shape index (κ3) is 5.72. The molecule has 0 heterocycles. The molecular formula is C21H29ClN2O5S. The van der Waals surface area contributed by atoms with Gasteiger partial charge in [-0.1, -0.05) is 55.8 Å². The predicted octanol–water partition coefficient (Wildman–Crippen LogP) is 2.42. The number of sulfonamides is 1. The Balaban J connectivity index is 2.32. The number of halogens is 1. The van der Waals surface area contributed by atoms with Crippen molar-refractivity contribution in [1.29, 1.82) is 0 Å². The number of aryl methyl sites for hydroxylation is 1. The van der Waals surface area contributed by atoms with Gasteiger partial charge in [-0.25, -0.2) is 8.42 Å². The van der Waals surface area contributed by atoms with E-state index in [1.807, 2.05) is 13.8 Å². The molecule has 0 amide bonds. The summed E-state index contributed by atoms with van der Waals surface area (Å²) in [4.78, 5) is -0.163. The van der Waals surface area contributed by atoms with E-state index in [0.29, 0.717) is 11.1 Å². The van der Waals surface area contributed by atoms with E-state index in [1.54, 1.807) is 37.3 Å². The van der Waals surface area contributed by atoms with Gasteiger partial charge in [0.2, 0.25) is 10.0 Å². The molecule has 0 saturated heterocycles. The van der Waals surface area contributed by atoms with Crippen molar-refractivity contribution in [2.24, 2.45) is 11.7 Å². The first-order chi connectivity index (χ1) is 13.9. The second kappa shape index (κ2) is 10.1. The van der Waals surface area contributed by atoms with Crippen molar-refractivity contribution in [2.45, 2.75) is 43.9 Å². The fourth-order valence-electron chi connectivity index (χ4n) is 3.07. The summed E-state index contributed by atoms with van der Waals surface area (Å²) in [5.41, 5.74) is 6.93. The molecule has 0 spiro atoms. The minimum atomic E-state index is -4.09. The molecule has 0 aliphatic carbocycles. The van der Waals surface area contributed by atoms with Crippen LogP contribution in [0.3, 0.4) is 0 Å². The van der Waals surface area contributed by atoms with Crippen LogP contribution in [0.2, 0.25) is 5.02 Å². The maximum atomic E-state index is 13.3. The number of nitrogens with two attached hydrogens (primary N) is 1. The summed E-state index contributed by atoms with van der Waals surface area (Å²) in [6.45, 7) is 5.05. The van der Waals surface area contributed by atoms with Crippen LogP contribution in [0.5, 0.6) is 5.75 Å². The highest BCUT2D eigenvalue weighted by Gasteiger charge is 2.33. The Morgan fingerprint density at radius 1 is 1.10 bits per heavy atom. The lowest BCUT2D eigenvalue weighted by Gasteiger charge is -2.30. The van der Waals surface area contributed by atoms with Crippen LogP contribution < -0.4 is 5.73 Å². The summed E-state index contributed by atoms with van der Waals surface area (Å²) in [6.07, 6.45) is -2.49. The van der Waals surface area contributed by atoms with E-state index in [4.69, 9.17) is 17.3 Å². The van der Waals surface area contributed by atoms with Gasteiger partial charge in [0, 0.05) is 19.2 Å². The zero-order valence-electron chi connectivity index (χ0n) is 17.2. The van der Waals surface area contributed by atoms with Crippen molar-refractivity contribution < 1.29 is 23.7 Å². The average Bonchev–Trinajstić information content (AvgIpc) is 2.69. The average molecular weight is 457 g/mol.